The van der Waals surface area contributed by atoms with Crippen LogP contribution in [0.2, 0.25) is 0 Å². The molecule has 1 aromatic carbocycles. The molecule has 1 aliphatic heterocycles. The van der Waals surface area contributed by atoms with Crippen LogP contribution < -0.4 is 0 Å². The third-order valence-electron chi connectivity index (χ3n) is 2.64. The van der Waals surface area contributed by atoms with E-state index in [0.29, 0.717) is 5.92 Å². The molecule has 0 N–H and O–H groups in total. The van der Waals surface area contributed by atoms with Gasteiger partial charge in [-0.15, -0.1) is 24.2 Å². The Bertz CT molecular complexity index is 357. The number of benzene rings is 1. The van der Waals surface area contributed by atoms with E-state index in [1.165, 1.54) is 5.56 Å². The molecule has 4 heteroatoms. The lowest BCUT2D eigenvalue weighted by Crippen LogP contribution is -2.27. The van der Waals surface area contributed by atoms with Crippen LogP contribution >= 0.6 is 24.2 Å². The Hall–Kier alpha value is -0.250. The average molecular weight is 262 g/mol. The maximum atomic E-state index is 13.4. The van der Waals surface area contributed by atoms with Gasteiger partial charge in [0.05, 0.1) is 0 Å². The molecule has 0 bridgehead atoms. The zero-order valence-corrected chi connectivity index (χ0v) is 11.2. The van der Waals surface area contributed by atoms with E-state index in [4.69, 9.17) is 0 Å². The minimum atomic E-state index is -0.0548. The van der Waals surface area contributed by atoms with E-state index in [1.807, 2.05) is 12.1 Å². The molecule has 1 heterocycles. The first-order valence-electron chi connectivity index (χ1n) is 5.21. The summed E-state index contributed by atoms with van der Waals surface area (Å²) in [6.07, 6.45) is 1.01. The van der Waals surface area contributed by atoms with Crippen molar-refractivity contribution in [2.24, 2.45) is 5.92 Å². The Balaban J connectivity index is 0.00000128. The molecule has 0 saturated heterocycles. The number of fused-ring (bicyclic) bond motifs is 1. The fraction of sp³-hybridized carbons (Fsp3) is 0.500. The second-order valence-electron chi connectivity index (χ2n) is 4.37. The van der Waals surface area contributed by atoms with Crippen molar-refractivity contribution in [1.82, 2.24) is 4.90 Å². The Morgan fingerprint density at radius 2 is 2.19 bits per heavy atom. The maximum Gasteiger partial charge on any atom is 0.137 e. The topological polar surface area (TPSA) is 3.24 Å². The SMILES string of the molecule is CN(C)CC1CSc2c(F)cccc2C1.Cl. The Morgan fingerprint density at radius 3 is 2.88 bits per heavy atom. The van der Waals surface area contributed by atoms with Gasteiger partial charge in [0.1, 0.15) is 5.82 Å². The minimum Gasteiger partial charge on any atom is -0.309 e. The van der Waals surface area contributed by atoms with E-state index >= 15 is 0 Å². The lowest BCUT2D eigenvalue weighted by atomic mass is 10.00. The molecule has 1 unspecified atom stereocenters. The van der Waals surface area contributed by atoms with Gasteiger partial charge in [0, 0.05) is 17.2 Å². The van der Waals surface area contributed by atoms with Crippen molar-refractivity contribution in [2.75, 3.05) is 26.4 Å². The normalized spacial score (nSPS) is 19.1. The van der Waals surface area contributed by atoms with Crippen LogP contribution in [0.5, 0.6) is 0 Å². The fourth-order valence-corrected chi connectivity index (χ4v) is 3.25. The van der Waals surface area contributed by atoms with Gasteiger partial charge >= 0.3 is 0 Å². The van der Waals surface area contributed by atoms with E-state index in [1.54, 1.807) is 17.8 Å². The second-order valence-corrected chi connectivity index (χ2v) is 5.40. The predicted octanol–water partition coefficient (Wildman–Crippen LogP) is 3.07. The number of rotatable bonds is 2. The molecule has 0 saturated carbocycles. The summed E-state index contributed by atoms with van der Waals surface area (Å²) >= 11 is 1.66. The summed E-state index contributed by atoms with van der Waals surface area (Å²) in [5, 5.41) is 0. The first-order valence-corrected chi connectivity index (χ1v) is 6.20. The van der Waals surface area contributed by atoms with Gasteiger partial charge in [-0.1, -0.05) is 12.1 Å². The monoisotopic (exact) mass is 261 g/mol. The quantitative estimate of drug-likeness (QED) is 0.805. The summed E-state index contributed by atoms with van der Waals surface area (Å²) < 4.78 is 13.4. The van der Waals surface area contributed by atoms with E-state index in [9.17, 15) is 4.39 Å². The summed E-state index contributed by atoms with van der Waals surface area (Å²) in [7, 11) is 4.18. The molecule has 1 nitrogen and oxygen atoms in total. The molecule has 1 atom stereocenters. The molecule has 0 spiro atoms. The number of thioether (sulfide) groups is 1. The summed E-state index contributed by atoms with van der Waals surface area (Å²) in [5.74, 6) is 1.63. The molecule has 0 amide bonds. The summed E-state index contributed by atoms with van der Waals surface area (Å²) in [4.78, 5) is 3.07. The third kappa shape index (κ3) is 3.12. The zero-order chi connectivity index (χ0) is 10.8. The summed E-state index contributed by atoms with van der Waals surface area (Å²) in [6, 6.07) is 5.41. The Kier molecular flexibility index (Phi) is 5.09. The van der Waals surface area contributed by atoms with Crippen molar-refractivity contribution in [2.45, 2.75) is 11.3 Å². The lowest BCUT2D eigenvalue weighted by Gasteiger charge is -2.26. The standard InChI is InChI=1S/C12H16FNS.ClH/c1-14(2)7-9-6-10-4-3-5-11(13)12(10)15-8-9;/h3-5,9H,6-8H2,1-2H3;1H. The molecule has 0 radical (unpaired) electrons. The van der Waals surface area contributed by atoms with Crippen LogP contribution in [0.4, 0.5) is 4.39 Å². The van der Waals surface area contributed by atoms with Gasteiger partial charge in [-0.05, 0) is 38.1 Å². The molecule has 0 aliphatic carbocycles. The van der Waals surface area contributed by atoms with Crippen LogP contribution in [0, 0.1) is 11.7 Å². The first kappa shape index (κ1) is 13.8. The minimum absolute atomic E-state index is 0. The van der Waals surface area contributed by atoms with E-state index in [0.717, 1.165) is 23.6 Å². The van der Waals surface area contributed by atoms with Gasteiger partial charge in [0.2, 0.25) is 0 Å². The number of hydrogen-bond donors (Lipinski definition) is 0. The van der Waals surface area contributed by atoms with Crippen LogP contribution in [0.1, 0.15) is 5.56 Å². The number of nitrogens with zero attached hydrogens (tertiary/aromatic N) is 1. The lowest BCUT2D eigenvalue weighted by molar-refractivity contribution is 0.338. The maximum absolute atomic E-state index is 13.4. The molecular weight excluding hydrogens is 245 g/mol. The molecule has 2 rings (SSSR count). The van der Waals surface area contributed by atoms with Crippen LogP contribution in [-0.2, 0) is 6.42 Å². The highest BCUT2D eigenvalue weighted by Crippen LogP contribution is 2.34. The van der Waals surface area contributed by atoms with Gasteiger partial charge in [-0.25, -0.2) is 4.39 Å². The molecule has 1 aliphatic rings. The van der Waals surface area contributed by atoms with Crippen molar-refractivity contribution in [3.63, 3.8) is 0 Å². The van der Waals surface area contributed by atoms with E-state index in [-0.39, 0.29) is 18.2 Å². The molecular formula is C12H17ClFNS. The van der Waals surface area contributed by atoms with E-state index < -0.39 is 0 Å². The van der Waals surface area contributed by atoms with Crippen molar-refractivity contribution in [3.05, 3.63) is 29.6 Å². The zero-order valence-electron chi connectivity index (χ0n) is 9.57. The summed E-state index contributed by atoms with van der Waals surface area (Å²) in [5.41, 5.74) is 1.18. The van der Waals surface area contributed by atoms with E-state index in [2.05, 4.69) is 19.0 Å². The third-order valence-corrected chi connectivity index (χ3v) is 4.03. The molecule has 1 aromatic rings. The smallest absolute Gasteiger partial charge is 0.137 e. The van der Waals surface area contributed by atoms with Gasteiger partial charge < -0.3 is 4.90 Å². The Morgan fingerprint density at radius 1 is 1.44 bits per heavy atom. The molecule has 0 aromatic heterocycles. The first-order chi connectivity index (χ1) is 7.16. The summed E-state index contributed by atoms with van der Waals surface area (Å²) in [6.45, 7) is 1.09. The Labute approximate surface area is 107 Å². The highest BCUT2D eigenvalue weighted by Gasteiger charge is 2.21. The molecule has 16 heavy (non-hydrogen) atoms. The van der Waals surface area contributed by atoms with Crippen LogP contribution in [0.25, 0.3) is 0 Å². The predicted molar refractivity (Wildman–Crippen MR) is 70.1 cm³/mol. The van der Waals surface area contributed by atoms with Gasteiger partial charge in [-0.3, -0.25) is 0 Å². The van der Waals surface area contributed by atoms with Gasteiger partial charge in [0.25, 0.3) is 0 Å². The number of halogens is 2. The molecule has 90 valence electrons. The largest absolute Gasteiger partial charge is 0.309 e. The van der Waals surface area contributed by atoms with Crippen molar-refractivity contribution in [1.29, 1.82) is 0 Å². The molecule has 0 fully saturated rings. The highest BCUT2D eigenvalue weighted by atomic mass is 35.5. The van der Waals surface area contributed by atoms with Crippen LogP contribution in [0.3, 0.4) is 0 Å². The van der Waals surface area contributed by atoms with Crippen molar-refractivity contribution >= 4 is 24.2 Å². The van der Waals surface area contributed by atoms with Crippen molar-refractivity contribution < 1.29 is 4.39 Å². The van der Waals surface area contributed by atoms with Gasteiger partial charge in [-0.2, -0.15) is 0 Å². The highest BCUT2D eigenvalue weighted by molar-refractivity contribution is 7.99. The average Bonchev–Trinajstić information content (AvgIpc) is 2.17. The van der Waals surface area contributed by atoms with Gasteiger partial charge in [0.15, 0.2) is 0 Å². The van der Waals surface area contributed by atoms with Crippen molar-refractivity contribution in [3.8, 4) is 0 Å². The number of hydrogen-bond acceptors (Lipinski definition) is 2. The van der Waals surface area contributed by atoms with Crippen LogP contribution in [0.15, 0.2) is 23.1 Å². The second kappa shape index (κ2) is 5.89. The van der Waals surface area contributed by atoms with Crippen LogP contribution in [-0.4, -0.2) is 31.3 Å². The fourth-order valence-electron chi connectivity index (χ4n) is 2.08.